The zero-order chi connectivity index (χ0) is 16.1. The van der Waals surface area contributed by atoms with Gasteiger partial charge in [0, 0.05) is 28.8 Å². The molecule has 0 unspecified atom stereocenters. The first kappa shape index (κ1) is 16.0. The smallest absolute Gasteiger partial charge is 0.190 e. The number of hydrogen-bond acceptors (Lipinski definition) is 5. The van der Waals surface area contributed by atoms with Gasteiger partial charge in [-0.05, 0) is 24.3 Å². The summed E-state index contributed by atoms with van der Waals surface area (Å²) in [5.41, 5.74) is 0.915. The van der Waals surface area contributed by atoms with Crippen molar-refractivity contribution in [2.45, 2.75) is 10.1 Å². The van der Waals surface area contributed by atoms with Gasteiger partial charge < -0.3 is 5.32 Å². The van der Waals surface area contributed by atoms with Crippen molar-refractivity contribution in [3.8, 4) is 0 Å². The SMILES string of the molecule is CNc1nc(SCC[S@@](=O)c2ccccc2)nc2ccccc12. The number of rotatable bonds is 6. The van der Waals surface area contributed by atoms with Gasteiger partial charge in [0.2, 0.25) is 0 Å². The van der Waals surface area contributed by atoms with Crippen LogP contribution in [-0.4, -0.2) is 32.7 Å². The van der Waals surface area contributed by atoms with Crippen molar-refractivity contribution in [3.63, 3.8) is 0 Å². The van der Waals surface area contributed by atoms with Crippen LogP contribution >= 0.6 is 11.8 Å². The molecule has 0 fully saturated rings. The van der Waals surface area contributed by atoms with Gasteiger partial charge in [0.25, 0.3) is 0 Å². The van der Waals surface area contributed by atoms with Crippen LogP contribution < -0.4 is 5.32 Å². The quantitative estimate of drug-likeness (QED) is 0.548. The fourth-order valence-electron chi connectivity index (χ4n) is 2.21. The molecule has 0 amide bonds. The van der Waals surface area contributed by atoms with Crippen molar-refractivity contribution >= 4 is 39.3 Å². The highest BCUT2D eigenvalue weighted by atomic mass is 32.2. The fourth-order valence-corrected chi connectivity index (χ4v) is 4.35. The number of benzene rings is 2. The second-order valence-electron chi connectivity index (χ2n) is 4.83. The number of nitrogens with zero attached hydrogens (tertiary/aromatic N) is 2. The van der Waals surface area contributed by atoms with Crippen LogP contribution in [-0.2, 0) is 10.8 Å². The summed E-state index contributed by atoms with van der Waals surface area (Å²) in [6, 6.07) is 17.5. The summed E-state index contributed by atoms with van der Waals surface area (Å²) in [6.45, 7) is 0. The van der Waals surface area contributed by atoms with E-state index in [1.807, 2.05) is 61.6 Å². The van der Waals surface area contributed by atoms with Gasteiger partial charge in [0.05, 0.1) is 16.3 Å². The van der Waals surface area contributed by atoms with Crippen molar-refractivity contribution in [1.29, 1.82) is 0 Å². The molecule has 0 aliphatic carbocycles. The average Bonchev–Trinajstić information content (AvgIpc) is 2.61. The molecule has 0 aliphatic rings. The number of nitrogens with one attached hydrogen (secondary N) is 1. The van der Waals surface area contributed by atoms with E-state index in [9.17, 15) is 4.21 Å². The van der Waals surface area contributed by atoms with Crippen LogP contribution in [0.2, 0.25) is 0 Å². The molecule has 0 bridgehead atoms. The standard InChI is InChI=1S/C17H17N3OS2/c1-18-16-14-9-5-6-10-15(14)19-17(20-16)22-11-12-23(21)13-7-3-2-4-8-13/h2-10H,11-12H2,1H3,(H,18,19,20)/t23-/m1/s1. The Morgan fingerprint density at radius 3 is 2.57 bits per heavy atom. The molecule has 1 aromatic heterocycles. The molecule has 1 N–H and O–H groups in total. The monoisotopic (exact) mass is 343 g/mol. The second-order valence-corrected chi connectivity index (χ2v) is 7.47. The Hall–Kier alpha value is -1.92. The lowest BCUT2D eigenvalue weighted by atomic mass is 10.2. The van der Waals surface area contributed by atoms with Crippen LogP contribution in [0, 0.1) is 0 Å². The molecule has 118 valence electrons. The molecule has 0 saturated heterocycles. The zero-order valence-electron chi connectivity index (χ0n) is 12.7. The topological polar surface area (TPSA) is 54.9 Å². The Kier molecular flexibility index (Phi) is 5.25. The van der Waals surface area contributed by atoms with Gasteiger partial charge in [-0.3, -0.25) is 4.21 Å². The number of fused-ring (bicyclic) bond motifs is 1. The Labute approximate surface area is 142 Å². The maximum absolute atomic E-state index is 12.2. The van der Waals surface area contributed by atoms with Gasteiger partial charge >= 0.3 is 0 Å². The third-order valence-corrected chi connectivity index (χ3v) is 5.81. The van der Waals surface area contributed by atoms with Crippen LogP contribution in [0.4, 0.5) is 5.82 Å². The van der Waals surface area contributed by atoms with Crippen molar-refractivity contribution < 1.29 is 4.21 Å². The average molecular weight is 343 g/mol. The second kappa shape index (κ2) is 7.57. The molecule has 1 atom stereocenters. The van der Waals surface area contributed by atoms with E-state index in [1.165, 1.54) is 11.8 Å². The summed E-state index contributed by atoms with van der Waals surface area (Å²) in [4.78, 5) is 9.96. The van der Waals surface area contributed by atoms with Gasteiger partial charge in [-0.15, -0.1) is 0 Å². The van der Waals surface area contributed by atoms with Gasteiger partial charge in [0.1, 0.15) is 5.82 Å². The molecule has 2 aromatic carbocycles. The molecule has 1 heterocycles. The van der Waals surface area contributed by atoms with Crippen molar-refractivity contribution in [2.24, 2.45) is 0 Å². The molecule has 0 saturated carbocycles. The first-order chi connectivity index (χ1) is 11.3. The predicted molar refractivity (Wildman–Crippen MR) is 97.5 cm³/mol. The van der Waals surface area contributed by atoms with E-state index in [0.717, 1.165) is 21.6 Å². The lowest BCUT2D eigenvalue weighted by Gasteiger charge is -2.07. The highest BCUT2D eigenvalue weighted by Gasteiger charge is 2.08. The minimum absolute atomic E-state index is 0.583. The first-order valence-corrected chi connectivity index (χ1v) is 9.59. The van der Waals surface area contributed by atoms with Gasteiger partial charge in [-0.1, -0.05) is 42.1 Å². The van der Waals surface area contributed by atoms with Gasteiger partial charge in [-0.25, -0.2) is 9.97 Å². The molecule has 23 heavy (non-hydrogen) atoms. The van der Waals surface area contributed by atoms with Crippen molar-refractivity contribution in [3.05, 3.63) is 54.6 Å². The van der Waals surface area contributed by atoms with Crippen LogP contribution in [0.3, 0.4) is 0 Å². The van der Waals surface area contributed by atoms with E-state index in [2.05, 4.69) is 15.3 Å². The Bertz CT molecular complexity index is 824. The normalized spacial score (nSPS) is 12.2. The lowest BCUT2D eigenvalue weighted by molar-refractivity contribution is 0.684. The lowest BCUT2D eigenvalue weighted by Crippen LogP contribution is -2.02. The van der Waals surface area contributed by atoms with Crippen LogP contribution in [0.5, 0.6) is 0 Å². The Balaban J connectivity index is 1.69. The number of anilines is 1. The highest BCUT2D eigenvalue weighted by molar-refractivity contribution is 8.00. The predicted octanol–water partition coefficient (Wildman–Crippen LogP) is 3.57. The summed E-state index contributed by atoms with van der Waals surface area (Å²) in [5.74, 6) is 2.12. The molecule has 3 aromatic rings. The molecule has 3 rings (SSSR count). The summed E-state index contributed by atoms with van der Waals surface area (Å²) in [6.07, 6.45) is 0. The van der Waals surface area contributed by atoms with Gasteiger partial charge in [0.15, 0.2) is 5.16 Å². The number of para-hydroxylation sites is 1. The Morgan fingerprint density at radius 2 is 1.78 bits per heavy atom. The van der Waals surface area contributed by atoms with E-state index in [4.69, 9.17) is 0 Å². The fraction of sp³-hybridized carbons (Fsp3) is 0.176. The molecule has 0 aliphatic heterocycles. The number of hydrogen-bond donors (Lipinski definition) is 1. The summed E-state index contributed by atoms with van der Waals surface area (Å²) in [5, 5.41) is 4.82. The van der Waals surface area contributed by atoms with E-state index >= 15 is 0 Å². The van der Waals surface area contributed by atoms with Crippen LogP contribution in [0.1, 0.15) is 0 Å². The van der Waals surface area contributed by atoms with Crippen LogP contribution in [0.25, 0.3) is 10.9 Å². The largest absolute Gasteiger partial charge is 0.372 e. The van der Waals surface area contributed by atoms with E-state index < -0.39 is 10.8 Å². The summed E-state index contributed by atoms with van der Waals surface area (Å²) < 4.78 is 12.2. The van der Waals surface area contributed by atoms with E-state index in [0.29, 0.717) is 16.7 Å². The zero-order valence-corrected chi connectivity index (χ0v) is 14.4. The van der Waals surface area contributed by atoms with Crippen molar-refractivity contribution in [2.75, 3.05) is 23.9 Å². The molecule has 0 spiro atoms. The molecular weight excluding hydrogens is 326 g/mol. The third-order valence-electron chi connectivity index (χ3n) is 3.33. The maximum Gasteiger partial charge on any atom is 0.190 e. The molecule has 4 nitrogen and oxygen atoms in total. The number of aromatic nitrogens is 2. The molecule has 6 heteroatoms. The van der Waals surface area contributed by atoms with Crippen molar-refractivity contribution in [1.82, 2.24) is 9.97 Å². The van der Waals surface area contributed by atoms with E-state index in [1.54, 1.807) is 0 Å². The van der Waals surface area contributed by atoms with Gasteiger partial charge in [-0.2, -0.15) is 0 Å². The van der Waals surface area contributed by atoms with E-state index in [-0.39, 0.29) is 0 Å². The minimum atomic E-state index is -0.983. The minimum Gasteiger partial charge on any atom is -0.372 e. The summed E-state index contributed by atoms with van der Waals surface area (Å²) >= 11 is 1.53. The Morgan fingerprint density at radius 1 is 1.04 bits per heavy atom. The maximum atomic E-state index is 12.2. The third kappa shape index (κ3) is 3.89. The first-order valence-electron chi connectivity index (χ1n) is 7.28. The van der Waals surface area contributed by atoms with Crippen LogP contribution in [0.15, 0.2) is 64.6 Å². The number of thioether (sulfide) groups is 1. The molecule has 0 radical (unpaired) electrons. The summed E-state index contributed by atoms with van der Waals surface area (Å²) in [7, 11) is 0.872. The molecular formula is C17H17N3OS2. The highest BCUT2D eigenvalue weighted by Crippen LogP contribution is 2.24.